The van der Waals surface area contributed by atoms with Crippen molar-refractivity contribution in [2.24, 2.45) is 0 Å². The molecule has 1 aromatic carbocycles. The SMILES string of the molecule is CCc1cc(-c2nc3ccc(Cl)cc3s2)c(N)s1. The van der Waals surface area contributed by atoms with Crippen LogP contribution in [0.25, 0.3) is 20.8 Å². The summed E-state index contributed by atoms with van der Waals surface area (Å²) >= 11 is 9.26. The van der Waals surface area contributed by atoms with Crippen molar-refractivity contribution in [1.82, 2.24) is 4.98 Å². The molecule has 0 aliphatic carbocycles. The number of thiazole rings is 1. The Labute approximate surface area is 118 Å². The van der Waals surface area contributed by atoms with Gasteiger partial charge in [-0.15, -0.1) is 22.7 Å². The number of thiophene rings is 1. The second kappa shape index (κ2) is 4.53. The lowest BCUT2D eigenvalue weighted by Crippen LogP contribution is -1.81. The van der Waals surface area contributed by atoms with Gasteiger partial charge in [-0.1, -0.05) is 18.5 Å². The van der Waals surface area contributed by atoms with Gasteiger partial charge in [0.1, 0.15) is 5.01 Å². The number of halogens is 1. The maximum Gasteiger partial charge on any atom is 0.127 e. The second-order valence-corrected chi connectivity index (χ2v) is 6.61. The molecule has 0 atom stereocenters. The number of hydrogen-bond acceptors (Lipinski definition) is 4. The number of rotatable bonds is 2. The van der Waals surface area contributed by atoms with Crippen molar-refractivity contribution in [1.29, 1.82) is 0 Å². The molecule has 0 radical (unpaired) electrons. The normalized spacial score (nSPS) is 11.2. The topological polar surface area (TPSA) is 38.9 Å². The van der Waals surface area contributed by atoms with Crippen LogP contribution in [0.3, 0.4) is 0 Å². The van der Waals surface area contributed by atoms with Crippen LogP contribution in [0.15, 0.2) is 24.3 Å². The van der Waals surface area contributed by atoms with Crippen molar-refractivity contribution in [3.63, 3.8) is 0 Å². The highest BCUT2D eigenvalue weighted by molar-refractivity contribution is 7.22. The number of aromatic nitrogens is 1. The molecule has 0 saturated carbocycles. The van der Waals surface area contributed by atoms with Crippen molar-refractivity contribution in [3.8, 4) is 10.6 Å². The van der Waals surface area contributed by atoms with Crippen LogP contribution in [0.2, 0.25) is 5.02 Å². The third-order valence-corrected chi connectivity index (χ3v) is 5.14. The zero-order valence-corrected chi connectivity index (χ0v) is 12.1. The fourth-order valence-electron chi connectivity index (χ4n) is 1.81. The quantitative estimate of drug-likeness (QED) is 0.736. The van der Waals surface area contributed by atoms with Gasteiger partial charge in [0.25, 0.3) is 0 Å². The van der Waals surface area contributed by atoms with Crippen molar-refractivity contribution < 1.29 is 0 Å². The summed E-state index contributed by atoms with van der Waals surface area (Å²) < 4.78 is 1.10. The zero-order valence-electron chi connectivity index (χ0n) is 9.74. The summed E-state index contributed by atoms with van der Waals surface area (Å²) in [5.41, 5.74) is 8.09. The molecule has 0 spiro atoms. The number of hydrogen-bond donors (Lipinski definition) is 1. The standard InChI is InChI=1S/C13H11ClN2S2/c1-2-8-6-9(12(15)17-8)13-16-10-4-3-7(14)5-11(10)18-13/h3-6H,2,15H2,1H3. The first kappa shape index (κ1) is 12.0. The Balaban J connectivity index is 2.15. The number of benzene rings is 1. The Morgan fingerprint density at radius 1 is 1.28 bits per heavy atom. The molecule has 0 bridgehead atoms. The first-order valence-electron chi connectivity index (χ1n) is 5.62. The number of fused-ring (bicyclic) bond motifs is 1. The molecule has 0 fully saturated rings. The molecule has 0 aliphatic rings. The number of nitrogens with zero attached hydrogens (tertiary/aromatic N) is 1. The van der Waals surface area contributed by atoms with Gasteiger partial charge < -0.3 is 5.73 Å². The van der Waals surface area contributed by atoms with Crippen LogP contribution in [0.1, 0.15) is 11.8 Å². The average molecular weight is 295 g/mol. The van der Waals surface area contributed by atoms with Crippen LogP contribution in [0, 0.1) is 0 Å². The molecule has 0 amide bonds. The number of nitrogens with two attached hydrogens (primary N) is 1. The van der Waals surface area contributed by atoms with E-state index in [2.05, 4.69) is 18.0 Å². The molecule has 3 aromatic rings. The van der Waals surface area contributed by atoms with Gasteiger partial charge in [0.05, 0.1) is 15.2 Å². The summed E-state index contributed by atoms with van der Waals surface area (Å²) in [4.78, 5) is 5.91. The lowest BCUT2D eigenvalue weighted by Gasteiger charge is -1.90. The lowest BCUT2D eigenvalue weighted by atomic mass is 10.3. The largest absolute Gasteiger partial charge is 0.390 e. The van der Waals surface area contributed by atoms with E-state index in [1.165, 1.54) is 4.88 Å². The summed E-state index contributed by atoms with van der Waals surface area (Å²) in [5.74, 6) is 0. The van der Waals surface area contributed by atoms with E-state index < -0.39 is 0 Å². The Morgan fingerprint density at radius 3 is 2.83 bits per heavy atom. The van der Waals surface area contributed by atoms with Crippen LogP contribution in [-0.2, 0) is 6.42 Å². The van der Waals surface area contributed by atoms with Gasteiger partial charge in [-0.25, -0.2) is 4.98 Å². The molecule has 2 nitrogen and oxygen atoms in total. The van der Waals surface area contributed by atoms with Gasteiger partial charge in [-0.3, -0.25) is 0 Å². The predicted molar refractivity (Wildman–Crippen MR) is 81.7 cm³/mol. The van der Waals surface area contributed by atoms with E-state index in [-0.39, 0.29) is 0 Å². The highest BCUT2D eigenvalue weighted by atomic mass is 35.5. The number of anilines is 1. The van der Waals surface area contributed by atoms with Gasteiger partial charge in [0.15, 0.2) is 0 Å². The van der Waals surface area contributed by atoms with Crippen molar-refractivity contribution in [3.05, 3.63) is 34.2 Å². The van der Waals surface area contributed by atoms with E-state index in [1.807, 2.05) is 18.2 Å². The highest BCUT2D eigenvalue weighted by Gasteiger charge is 2.12. The van der Waals surface area contributed by atoms with Crippen LogP contribution in [-0.4, -0.2) is 4.98 Å². The van der Waals surface area contributed by atoms with E-state index in [0.29, 0.717) is 0 Å². The smallest absolute Gasteiger partial charge is 0.127 e. The monoisotopic (exact) mass is 294 g/mol. The minimum Gasteiger partial charge on any atom is -0.390 e. The van der Waals surface area contributed by atoms with Crippen LogP contribution >= 0.6 is 34.3 Å². The molecular weight excluding hydrogens is 284 g/mol. The summed E-state index contributed by atoms with van der Waals surface area (Å²) in [6, 6.07) is 7.89. The maximum absolute atomic E-state index is 6.06. The molecule has 0 unspecified atom stereocenters. The van der Waals surface area contributed by atoms with Crippen LogP contribution in [0.4, 0.5) is 5.00 Å². The van der Waals surface area contributed by atoms with E-state index in [1.54, 1.807) is 22.7 Å². The fraction of sp³-hybridized carbons (Fsp3) is 0.154. The first-order chi connectivity index (χ1) is 8.67. The molecule has 2 heterocycles. The van der Waals surface area contributed by atoms with Gasteiger partial charge in [0, 0.05) is 15.5 Å². The zero-order chi connectivity index (χ0) is 12.7. The van der Waals surface area contributed by atoms with Crippen LogP contribution < -0.4 is 5.73 Å². The Kier molecular flexibility index (Phi) is 3.01. The molecule has 0 saturated heterocycles. The summed E-state index contributed by atoms with van der Waals surface area (Å²) in [7, 11) is 0. The fourth-order valence-corrected chi connectivity index (χ4v) is 4.02. The molecule has 5 heteroatoms. The molecule has 18 heavy (non-hydrogen) atoms. The number of aryl methyl sites for hydroxylation is 1. The Hall–Kier alpha value is -1.10. The highest BCUT2D eigenvalue weighted by Crippen LogP contribution is 2.38. The first-order valence-corrected chi connectivity index (χ1v) is 7.63. The van der Waals surface area contributed by atoms with E-state index in [9.17, 15) is 0 Å². The molecular formula is C13H11ClN2S2. The molecule has 2 aromatic heterocycles. The summed E-state index contributed by atoms with van der Waals surface area (Å²) in [5, 5.41) is 2.56. The minimum absolute atomic E-state index is 0.741. The van der Waals surface area contributed by atoms with Crippen molar-refractivity contribution in [2.75, 3.05) is 5.73 Å². The van der Waals surface area contributed by atoms with E-state index >= 15 is 0 Å². The predicted octanol–water partition coefficient (Wildman–Crippen LogP) is 4.82. The molecule has 2 N–H and O–H groups in total. The lowest BCUT2D eigenvalue weighted by molar-refractivity contribution is 1.19. The van der Waals surface area contributed by atoms with E-state index in [4.69, 9.17) is 17.3 Å². The third kappa shape index (κ3) is 2.00. The van der Waals surface area contributed by atoms with Crippen molar-refractivity contribution >= 4 is 49.5 Å². The number of nitrogen functional groups attached to an aromatic ring is 1. The minimum atomic E-state index is 0.741. The molecule has 92 valence electrons. The van der Waals surface area contributed by atoms with E-state index in [0.717, 1.165) is 37.2 Å². The second-order valence-electron chi connectivity index (χ2n) is 3.98. The maximum atomic E-state index is 6.06. The average Bonchev–Trinajstić information content (AvgIpc) is 2.91. The van der Waals surface area contributed by atoms with Crippen LogP contribution in [0.5, 0.6) is 0 Å². The Morgan fingerprint density at radius 2 is 2.11 bits per heavy atom. The van der Waals surface area contributed by atoms with Gasteiger partial charge in [-0.2, -0.15) is 0 Å². The summed E-state index contributed by atoms with van der Waals surface area (Å²) in [6.07, 6.45) is 1.01. The Bertz CT molecular complexity index is 715. The van der Waals surface area contributed by atoms with Gasteiger partial charge in [-0.05, 0) is 30.7 Å². The van der Waals surface area contributed by atoms with Crippen molar-refractivity contribution in [2.45, 2.75) is 13.3 Å². The molecule has 0 aliphatic heterocycles. The van der Waals surface area contributed by atoms with Gasteiger partial charge in [0.2, 0.25) is 0 Å². The molecule has 3 rings (SSSR count). The van der Waals surface area contributed by atoms with Gasteiger partial charge >= 0.3 is 0 Å². The summed E-state index contributed by atoms with van der Waals surface area (Å²) in [6.45, 7) is 2.13. The third-order valence-electron chi connectivity index (χ3n) is 2.74.